The van der Waals surface area contributed by atoms with Crippen molar-refractivity contribution in [3.63, 3.8) is 0 Å². The maximum absolute atomic E-state index is 13.5. The van der Waals surface area contributed by atoms with E-state index in [1.54, 1.807) is 9.58 Å². The van der Waals surface area contributed by atoms with E-state index in [2.05, 4.69) is 21.5 Å². The summed E-state index contributed by atoms with van der Waals surface area (Å²) in [7, 11) is 0. The molecule has 3 N–H and O–H groups in total. The van der Waals surface area contributed by atoms with E-state index in [-0.39, 0.29) is 29.2 Å². The molecule has 1 aliphatic carbocycles. The number of likely N-dealkylation sites (tertiary alicyclic amines) is 1. The van der Waals surface area contributed by atoms with E-state index in [1.165, 1.54) is 6.33 Å². The summed E-state index contributed by atoms with van der Waals surface area (Å²) in [5.41, 5.74) is 10.7. The summed E-state index contributed by atoms with van der Waals surface area (Å²) >= 11 is 0. The third kappa shape index (κ3) is 5.72. The Bertz CT molecular complexity index is 1970. The first-order valence-electron chi connectivity index (χ1n) is 16.3. The number of carbonyl (C=O) groups is 2. The van der Waals surface area contributed by atoms with E-state index in [0.717, 1.165) is 54.7 Å². The molecule has 2 aliphatic heterocycles. The molecule has 0 bridgehead atoms. The largest absolute Gasteiger partial charge is 0.444 e. The first kappa shape index (κ1) is 30.5. The van der Waals surface area contributed by atoms with Gasteiger partial charge in [-0.25, -0.2) is 19.0 Å². The zero-order valence-electron chi connectivity index (χ0n) is 27.0. The second-order valence-corrected chi connectivity index (χ2v) is 13.5. The van der Waals surface area contributed by atoms with Crippen LogP contribution in [0.15, 0.2) is 65.8 Å². The number of allylic oxidation sites excluding steroid dienone is 4. The molecule has 1 unspecified atom stereocenters. The first-order valence-corrected chi connectivity index (χ1v) is 16.3. The fraction of sp³-hybridized carbons (Fsp3) is 0.400. The Morgan fingerprint density at radius 3 is 2.53 bits per heavy atom. The van der Waals surface area contributed by atoms with Gasteiger partial charge in [0.05, 0.1) is 11.7 Å². The number of rotatable bonds is 5. The average molecular weight is 637 g/mol. The SMILES string of the molecule is CC(C)(C)OC(=O)N1CCC(c2cc(-c3ccc(NC(=O)c4c5n(n(C6C=CC=CC6)c4=O)CCC5)cc3)c3c(N)ncnn23)CC1. The summed E-state index contributed by atoms with van der Waals surface area (Å²) in [6, 6.07) is 9.52. The standard InChI is InChI=1S/C35H40N8O4/c1-35(2,3)47-34(46)40-18-15-23(16-19-40)28-20-26(30-31(36)37-21-38-42(28)30)22-11-13-24(14-12-22)39-32(44)29-27-10-7-17-41(27)43(33(29)45)25-8-5-4-6-9-25/h4-6,8,11-14,20-21,23,25H,7,9-10,15-19H2,1-3H3,(H,39,44)(H2,36,37,38). The number of carbonyl (C=O) groups excluding carboxylic acids is 2. The molecule has 0 spiro atoms. The second kappa shape index (κ2) is 11.9. The number of hydrogen-bond acceptors (Lipinski definition) is 7. The Morgan fingerprint density at radius 1 is 1.06 bits per heavy atom. The second-order valence-electron chi connectivity index (χ2n) is 13.5. The van der Waals surface area contributed by atoms with Crippen LogP contribution in [-0.4, -0.2) is 59.6 Å². The van der Waals surface area contributed by atoms with Crippen LogP contribution in [0.2, 0.25) is 0 Å². The summed E-state index contributed by atoms with van der Waals surface area (Å²) < 4.78 is 11.2. The average Bonchev–Trinajstić information content (AvgIpc) is 3.74. The van der Waals surface area contributed by atoms with Crippen LogP contribution in [0.3, 0.4) is 0 Å². The van der Waals surface area contributed by atoms with Crippen molar-refractivity contribution >= 4 is 29.0 Å². The smallest absolute Gasteiger partial charge is 0.410 e. The third-order valence-electron chi connectivity index (χ3n) is 9.19. The van der Waals surface area contributed by atoms with Crippen LogP contribution >= 0.6 is 0 Å². The number of amides is 2. The van der Waals surface area contributed by atoms with Crippen molar-refractivity contribution in [2.75, 3.05) is 24.1 Å². The molecular formula is C35H40N8O4. The number of ether oxygens (including phenoxy) is 1. The zero-order chi connectivity index (χ0) is 32.9. The van der Waals surface area contributed by atoms with Crippen molar-refractivity contribution in [1.29, 1.82) is 0 Å². The normalized spacial score (nSPS) is 18.1. The number of nitrogens with one attached hydrogen (secondary N) is 1. The van der Waals surface area contributed by atoms with Gasteiger partial charge < -0.3 is 20.7 Å². The van der Waals surface area contributed by atoms with Crippen molar-refractivity contribution in [2.45, 2.75) is 77.0 Å². The van der Waals surface area contributed by atoms with Gasteiger partial charge in [-0.2, -0.15) is 5.10 Å². The third-order valence-corrected chi connectivity index (χ3v) is 9.19. The monoisotopic (exact) mass is 636 g/mol. The highest BCUT2D eigenvalue weighted by Gasteiger charge is 2.32. The van der Waals surface area contributed by atoms with E-state index in [1.807, 2.05) is 78.5 Å². The molecule has 47 heavy (non-hydrogen) atoms. The van der Waals surface area contributed by atoms with Crippen molar-refractivity contribution in [3.8, 4) is 11.1 Å². The summed E-state index contributed by atoms with van der Waals surface area (Å²) in [4.78, 5) is 45.7. The van der Waals surface area contributed by atoms with E-state index in [0.29, 0.717) is 36.5 Å². The molecule has 2 amide bonds. The van der Waals surface area contributed by atoms with Crippen molar-refractivity contribution in [2.24, 2.45) is 0 Å². The number of nitrogens with two attached hydrogens (primary N) is 1. The van der Waals surface area contributed by atoms with Gasteiger partial charge in [-0.05, 0) is 76.6 Å². The molecule has 1 aromatic carbocycles. The Hall–Kier alpha value is -5.13. The van der Waals surface area contributed by atoms with Crippen molar-refractivity contribution < 1.29 is 14.3 Å². The number of benzene rings is 1. The number of anilines is 2. The minimum absolute atomic E-state index is 0.0961. The Morgan fingerprint density at radius 2 is 1.83 bits per heavy atom. The van der Waals surface area contributed by atoms with Gasteiger partial charge in [0.15, 0.2) is 5.82 Å². The molecule has 1 saturated heterocycles. The highest BCUT2D eigenvalue weighted by molar-refractivity contribution is 6.05. The van der Waals surface area contributed by atoms with E-state index in [9.17, 15) is 14.4 Å². The number of fused-ring (bicyclic) bond motifs is 2. The van der Waals surface area contributed by atoms with Gasteiger partial charge in [0.2, 0.25) is 0 Å². The molecule has 12 heteroatoms. The molecule has 3 aromatic heterocycles. The Kier molecular flexibility index (Phi) is 7.73. The molecule has 5 heterocycles. The number of nitrogens with zero attached hydrogens (tertiary/aromatic N) is 6. The van der Waals surface area contributed by atoms with Crippen molar-refractivity contribution in [3.05, 3.63) is 88.3 Å². The first-order chi connectivity index (χ1) is 22.6. The highest BCUT2D eigenvalue weighted by Crippen LogP contribution is 2.37. The minimum atomic E-state index is -0.540. The minimum Gasteiger partial charge on any atom is -0.444 e. The van der Waals surface area contributed by atoms with Gasteiger partial charge in [-0.15, -0.1) is 0 Å². The van der Waals surface area contributed by atoms with Gasteiger partial charge in [-0.1, -0.05) is 36.4 Å². The number of nitrogen functional groups attached to an aromatic ring is 1. The molecule has 244 valence electrons. The van der Waals surface area contributed by atoms with Gasteiger partial charge in [-0.3, -0.25) is 14.3 Å². The molecule has 3 aliphatic rings. The van der Waals surface area contributed by atoms with Crippen molar-refractivity contribution in [1.82, 2.24) is 28.9 Å². The van der Waals surface area contributed by atoms with Gasteiger partial charge in [0.25, 0.3) is 11.5 Å². The van der Waals surface area contributed by atoms with E-state index >= 15 is 0 Å². The lowest BCUT2D eigenvalue weighted by molar-refractivity contribution is 0.0203. The molecule has 1 fully saturated rings. The van der Waals surface area contributed by atoms with Crippen LogP contribution in [0.4, 0.5) is 16.3 Å². The fourth-order valence-corrected chi connectivity index (χ4v) is 7.02. The number of hydrogen-bond donors (Lipinski definition) is 2. The van der Waals surface area contributed by atoms with E-state index in [4.69, 9.17) is 10.5 Å². The molecule has 4 aromatic rings. The fourth-order valence-electron chi connectivity index (χ4n) is 7.02. The van der Waals surface area contributed by atoms with Gasteiger partial charge >= 0.3 is 6.09 Å². The van der Waals surface area contributed by atoms with E-state index < -0.39 is 11.5 Å². The maximum Gasteiger partial charge on any atom is 0.410 e. The lowest BCUT2D eigenvalue weighted by Crippen LogP contribution is -2.41. The molecule has 12 nitrogen and oxygen atoms in total. The summed E-state index contributed by atoms with van der Waals surface area (Å²) in [6.45, 7) is 7.51. The summed E-state index contributed by atoms with van der Waals surface area (Å²) in [5, 5.41) is 7.51. The van der Waals surface area contributed by atoms with Crippen LogP contribution in [-0.2, 0) is 17.7 Å². The molecule has 0 saturated carbocycles. The van der Waals surface area contributed by atoms with Gasteiger partial charge in [0, 0.05) is 42.5 Å². The Balaban J connectivity index is 1.12. The predicted molar refractivity (Wildman–Crippen MR) is 180 cm³/mol. The molecule has 0 radical (unpaired) electrons. The van der Waals surface area contributed by atoms with Crippen LogP contribution < -0.4 is 16.6 Å². The topological polar surface area (TPSA) is 142 Å². The predicted octanol–water partition coefficient (Wildman–Crippen LogP) is 5.31. The van der Waals surface area contributed by atoms with Crippen LogP contribution in [0.5, 0.6) is 0 Å². The van der Waals surface area contributed by atoms with Crippen LogP contribution in [0.25, 0.3) is 16.6 Å². The number of piperidine rings is 1. The summed E-state index contributed by atoms with van der Waals surface area (Å²) in [6.07, 6.45) is 13.0. The highest BCUT2D eigenvalue weighted by atomic mass is 16.6. The zero-order valence-corrected chi connectivity index (χ0v) is 27.0. The maximum atomic E-state index is 13.5. The molecule has 7 rings (SSSR count). The number of aromatic nitrogens is 5. The molecule has 1 atom stereocenters. The lowest BCUT2D eigenvalue weighted by Gasteiger charge is -2.33. The Labute approximate surface area is 272 Å². The van der Waals surface area contributed by atoms with Gasteiger partial charge in [0.1, 0.15) is 23.0 Å². The lowest BCUT2D eigenvalue weighted by atomic mass is 9.93. The summed E-state index contributed by atoms with van der Waals surface area (Å²) in [5.74, 6) is 0.137. The van der Waals surface area contributed by atoms with Crippen LogP contribution in [0.1, 0.15) is 80.2 Å². The van der Waals surface area contributed by atoms with Crippen LogP contribution in [0, 0.1) is 0 Å². The molecular weight excluding hydrogens is 596 g/mol. The quantitative estimate of drug-likeness (QED) is 0.302.